The SMILES string of the molecule is CCCNS(=O)(=O)c1ccccc1OC1CCCCC1N. The molecule has 0 heterocycles. The molecule has 0 aliphatic heterocycles. The van der Waals surface area contributed by atoms with Gasteiger partial charge in [0.1, 0.15) is 16.7 Å². The molecule has 0 aromatic heterocycles. The maximum atomic E-state index is 12.3. The molecule has 1 saturated carbocycles. The van der Waals surface area contributed by atoms with Crippen molar-refractivity contribution in [1.29, 1.82) is 0 Å². The minimum atomic E-state index is -3.54. The summed E-state index contributed by atoms with van der Waals surface area (Å²) >= 11 is 0. The highest BCUT2D eigenvalue weighted by Gasteiger charge is 2.26. The smallest absolute Gasteiger partial charge is 0.244 e. The van der Waals surface area contributed by atoms with Gasteiger partial charge in [-0.1, -0.05) is 25.5 Å². The van der Waals surface area contributed by atoms with Gasteiger partial charge in [-0.3, -0.25) is 0 Å². The van der Waals surface area contributed by atoms with Gasteiger partial charge in [0.2, 0.25) is 10.0 Å². The largest absolute Gasteiger partial charge is 0.487 e. The minimum absolute atomic E-state index is 0.0295. The van der Waals surface area contributed by atoms with Crippen molar-refractivity contribution in [3.63, 3.8) is 0 Å². The molecule has 2 atom stereocenters. The van der Waals surface area contributed by atoms with Crippen LogP contribution in [0.5, 0.6) is 5.75 Å². The molecule has 1 aliphatic rings. The molecule has 0 radical (unpaired) electrons. The van der Waals surface area contributed by atoms with Crippen molar-refractivity contribution < 1.29 is 13.2 Å². The van der Waals surface area contributed by atoms with Crippen molar-refractivity contribution in [3.05, 3.63) is 24.3 Å². The van der Waals surface area contributed by atoms with Crippen molar-refractivity contribution in [3.8, 4) is 5.75 Å². The van der Waals surface area contributed by atoms with Crippen LogP contribution in [-0.2, 0) is 10.0 Å². The van der Waals surface area contributed by atoms with E-state index in [2.05, 4.69) is 4.72 Å². The topological polar surface area (TPSA) is 81.4 Å². The third kappa shape index (κ3) is 4.18. The standard InChI is InChI=1S/C15H24N2O3S/c1-2-11-17-21(18,19)15-10-6-5-9-14(15)20-13-8-4-3-7-12(13)16/h5-6,9-10,12-13,17H,2-4,7-8,11,16H2,1H3. The molecule has 21 heavy (non-hydrogen) atoms. The number of sulfonamides is 1. The number of nitrogens with two attached hydrogens (primary N) is 1. The van der Waals surface area contributed by atoms with E-state index in [-0.39, 0.29) is 17.0 Å². The summed E-state index contributed by atoms with van der Waals surface area (Å²) in [6.45, 7) is 2.34. The van der Waals surface area contributed by atoms with Gasteiger partial charge in [-0.25, -0.2) is 13.1 Å². The van der Waals surface area contributed by atoms with Crippen LogP contribution in [0.15, 0.2) is 29.2 Å². The number of hydrogen-bond acceptors (Lipinski definition) is 4. The van der Waals surface area contributed by atoms with Crippen LogP contribution < -0.4 is 15.2 Å². The minimum Gasteiger partial charge on any atom is -0.487 e. The average molecular weight is 312 g/mol. The first kappa shape index (κ1) is 16.3. The fourth-order valence-electron chi connectivity index (χ4n) is 2.52. The number of ether oxygens (including phenoxy) is 1. The molecule has 5 nitrogen and oxygen atoms in total. The molecule has 2 rings (SSSR count). The van der Waals surface area contributed by atoms with Gasteiger partial charge < -0.3 is 10.5 Å². The normalized spacial score (nSPS) is 23.0. The maximum absolute atomic E-state index is 12.3. The summed E-state index contributed by atoms with van der Waals surface area (Å²) in [7, 11) is -3.54. The summed E-state index contributed by atoms with van der Waals surface area (Å²) in [6, 6.07) is 6.72. The first-order valence-electron chi connectivity index (χ1n) is 7.55. The molecular formula is C15H24N2O3S. The third-order valence-electron chi connectivity index (χ3n) is 3.71. The van der Waals surface area contributed by atoms with Gasteiger partial charge in [-0.2, -0.15) is 0 Å². The lowest BCUT2D eigenvalue weighted by Crippen LogP contribution is -2.41. The molecule has 1 aromatic carbocycles. The Balaban J connectivity index is 2.20. The molecule has 1 aromatic rings. The molecule has 0 bridgehead atoms. The number of benzene rings is 1. The summed E-state index contributed by atoms with van der Waals surface area (Å²) in [4.78, 5) is 0.191. The molecule has 6 heteroatoms. The molecule has 1 aliphatic carbocycles. The van der Waals surface area contributed by atoms with Gasteiger partial charge >= 0.3 is 0 Å². The van der Waals surface area contributed by atoms with E-state index in [1.54, 1.807) is 24.3 Å². The second kappa shape index (κ2) is 7.24. The second-order valence-electron chi connectivity index (χ2n) is 5.45. The summed E-state index contributed by atoms with van der Waals surface area (Å²) in [5, 5.41) is 0. The van der Waals surface area contributed by atoms with Gasteiger partial charge in [-0.05, 0) is 37.8 Å². The van der Waals surface area contributed by atoms with Gasteiger partial charge in [-0.15, -0.1) is 0 Å². The van der Waals surface area contributed by atoms with Gasteiger partial charge in [0.05, 0.1) is 0 Å². The Bertz CT molecular complexity index is 560. The van der Waals surface area contributed by atoms with Gasteiger partial charge in [0.15, 0.2) is 0 Å². The fourth-order valence-corrected chi connectivity index (χ4v) is 3.79. The van der Waals surface area contributed by atoms with Gasteiger partial charge in [0.25, 0.3) is 0 Å². The van der Waals surface area contributed by atoms with E-state index < -0.39 is 10.0 Å². The number of rotatable bonds is 6. The summed E-state index contributed by atoms with van der Waals surface area (Å²) in [6.07, 6.45) is 4.61. The maximum Gasteiger partial charge on any atom is 0.244 e. The third-order valence-corrected chi connectivity index (χ3v) is 5.21. The first-order valence-corrected chi connectivity index (χ1v) is 9.04. The molecule has 1 fully saturated rings. The van der Waals surface area contributed by atoms with Crippen LogP contribution in [-0.4, -0.2) is 27.1 Å². The molecule has 118 valence electrons. The Morgan fingerprint density at radius 3 is 2.71 bits per heavy atom. The van der Waals surface area contributed by atoms with Crippen LogP contribution in [0.3, 0.4) is 0 Å². The van der Waals surface area contributed by atoms with E-state index in [4.69, 9.17) is 10.5 Å². The summed E-state index contributed by atoms with van der Waals surface area (Å²) in [5.74, 6) is 0.392. The first-order chi connectivity index (χ1) is 10.0. The zero-order valence-corrected chi connectivity index (χ0v) is 13.2. The van der Waals surface area contributed by atoms with E-state index in [1.807, 2.05) is 6.92 Å². The number of hydrogen-bond donors (Lipinski definition) is 2. The van der Waals surface area contributed by atoms with Crippen LogP contribution in [0, 0.1) is 0 Å². The van der Waals surface area contributed by atoms with E-state index in [0.29, 0.717) is 12.3 Å². The Morgan fingerprint density at radius 2 is 2.00 bits per heavy atom. The highest BCUT2D eigenvalue weighted by molar-refractivity contribution is 7.89. The van der Waals surface area contributed by atoms with Crippen LogP contribution >= 0.6 is 0 Å². The Morgan fingerprint density at radius 1 is 1.29 bits per heavy atom. The van der Waals surface area contributed by atoms with Crippen LogP contribution in [0.4, 0.5) is 0 Å². The zero-order valence-electron chi connectivity index (χ0n) is 12.4. The number of para-hydroxylation sites is 1. The van der Waals surface area contributed by atoms with Crippen LogP contribution in [0.1, 0.15) is 39.0 Å². The lowest BCUT2D eigenvalue weighted by atomic mass is 9.93. The molecule has 0 saturated heterocycles. The molecule has 0 amide bonds. The van der Waals surface area contributed by atoms with Crippen molar-refractivity contribution >= 4 is 10.0 Å². The lowest BCUT2D eigenvalue weighted by molar-refractivity contribution is 0.128. The Hall–Kier alpha value is -1.11. The van der Waals surface area contributed by atoms with Crippen LogP contribution in [0.25, 0.3) is 0 Å². The van der Waals surface area contributed by atoms with Crippen molar-refractivity contribution in [2.75, 3.05) is 6.54 Å². The van der Waals surface area contributed by atoms with Crippen molar-refractivity contribution in [2.24, 2.45) is 5.73 Å². The highest BCUT2D eigenvalue weighted by atomic mass is 32.2. The second-order valence-corrected chi connectivity index (χ2v) is 7.18. The Kier molecular flexibility index (Phi) is 5.61. The summed E-state index contributed by atoms with van der Waals surface area (Å²) in [5.41, 5.74) is 6.08. The molecule has 0 spiro atoms. The predicted octanol–water partition coefficient (Wildman–Crippen LogP) is 2.02. The quantitative estimate of drug-likeness (QED) is 0.842. The van der Waals surface area contributed by atoms with E-state index >= 15 is 0 Å². The average Bonchev–Trinajstić information content (AvgIpc) is 2.48. The zero-order chi connectivity index (χ0) is 15.3. The molecule has 2 unspecified atom stereocenters. The van der Waals surface area contributed by atoms with Crippen molar-refractivity contribution in [2.45, 2.75) is 56.1 Å². The van der Waals surface area contributed by atoms with Crippen molar-refractivity contribution in [1.82, 2.24) is 4.72 Å². The van der Waals surface area contributed by atoms with E-state index in [9.17, 15) is 8.42 Å². The number of nitrogens with one attached hydrogen (secondary N) is 1. The van der Waals surface area contributed by atoms with E-state index in [0.717, 1.165) is 32.1 Å². The van der Waals surface area contributed by atoms with Crippen LogP contribution in [0.2, 0.25) is 0 Å². The summed E-state index contributed by atoms with van der Waals surface area (Å²) < 4.78 is 33.1. The molecule has 3 N–H and O–H groups in total. The fraction of sp³-hybridized carbons (Fsp3) is 0.600. The predicted molar refractivity (Wildman–Crippen MR) is 82.8 cm³/mol. The molecular weight excluding hydrogens is 288 g/mol. The van der Waals surface area contributed by atoms with E-state index in [1.165, 1.54) is 0 Å². The lowest BCUT2D eigenvalue weighted by Gasteiger charge is -2.29. The Labute approximate surface area is 126 Å². The highest BCUT2D eigenvalue weighted by Crippen LogP contribution is 2.28. The monoisotopic (exact) mass is 312 g/mol. The van der Waals surface area contributed by atoms with Gasteiger partial charge in [0, 0.05) is 12.6 Å².